The van der Waals surface area contributed by atoms with E-state index in [1.54, 1.807) is 7.11 Å². The van der Waals surface area contributed by atoms with Gasteiger partial charge in [-0.1, -0.05) is 19.6 Å². The third-order valence-electron chi connectivity index (χ3n) is 4.23. The van der Waals surface area contributed by atoms with Crippen molar-refractivity contribution in [1.82, 2.24) is 9.80 Å². The molecule has 0 aliphatic carbocycles. The first-order valence-electron chi connectivity index (χ1n) is 8.30. The Morgan fingerprint density at radius 2 is 1.80 bits per heavy atom. The second-order valence-corrected chi connectivity index (χ2v) is 13.2. The molecule has 0 aromatic heterocycles. The van der Waals surface area contributed by atoms with Crippen LogP contribution in [0.1, 0.15) is 25.7 Å². The van der Waals surface area contributed by atoms with Gasteiger partial charge in [0.2, 0.25) is 0 Å². The van der Waals surface area contributed by atoms with Gasteiger partial charge in [-0.2, -0.15) is 0 Å². The lowest BCUT2D eigenvalue weighted by molar-refractivity contribution is 0.156. The molecule has 1 heterocycles. The summed E-state index contributed by atoms with van der Waals surface area (Å²) in [6, 6.07) is 0. The molecule has 4 heteroatoms. The fraction of sp³-hybridized carbons (Fsp3) is 1.00. The largest absolute Gasteiger partial charge is 0.383 e. The molecule has 1 saturated heterocycles. The zero-order valence-corrected chi connectivity index (χ0v) is 15.5. The molecule has 0 saturated carbocycles. The van der Waals surface area contributed by atoms with E-state index < -0.39 is 8.07 Å². The van der Waals surface area contributed by atoms with Crippen molar-refractivity contribution in [3.8, 4) is 0 Å². The van der Waals surface area contributed by atoms with Crippen molar-refractivity contribution in [2.45, 2.75) is 45.3 Å². The number of nitrogens with zero attached hydrogens (tertiary/aromatic N) is 2. The van der Waals surface area contributed by atoms with E-state index in [0.29, 0.717) is 0 Å². The first kappa shape index (κ1) is 18.1. The molecule has 0 radical (unpaired) electrons. The van der Waals surface area contributed by atoms with Crippen LogP contribution in [0.5, 0.6) is 0 Å². The van der Waals surface area contributed by atoms with Gasteiger partial charge in [-0.05, 0) is 64.5 Å². The maximum absolute atomic E-state index is 5.12. The maximum atomic E-state index is 5.12. The first-order chi connectivity index (χ1) is 9.40. The Morgan fingerprint density at radius 3 is 2.35 bits per heavy atom. The Hall–Kier alpha value is 0.0969. The molecule has 0 amide bonds. The monoisotopic (exact) mass is 300 g/mol. The van der Waals surface area contributed by atoms with Crippen LogP contribution in [-0.2, 0) is 4.74 Å². The van der Waals surface area contributed by atoms with Gasteiger partial charge in [0, 0.05) is 13.7 Å². The fourth-order valence-electron chi connectivity index (χ4n) is 3.11. The average Bonchev–Trinajstić information content (AvgIpc) is 2.37. The predicted octanol–water partition coefficient (Wildman–Crippen LogP) is 2.93. The van der Waals surface area contributed by atoms with E-state index in [2.05, 4.69) is 36.5 Å². The van der Waals surface area contributed by atoms with Gasteiger partial charge in [-0.25, -0.2) is 0 Å². The van der Waals surface area contributed by atoms with E-state index in [0.717, 1.165) is 19.1 Å². The van der Waals surface area contributed by atoms with Gasteiger partial charge >= 0.3 is 0 Å². The number of rotatable bonds is 9. The SMILES string of the molecule is COCCN(C)CCCC1CCN(C[Si](C)(C)C)CC1. The van der Waals surface area contributed by atoms with Crippen molar-refractivity contribution in [3.63, 3.8) is 0 Å². The lowest BCUT2D eigenvalue weighted by Crippen LogP contribution is -2.44. The molecule has 20 heavy (non-hydrogen) atoms. The van der Waals surface area contributed by atoms with Crippen molar-refractivity contribution in [1.29, 1.82) is 0 Å². The molecule has 1 fully saturated rings. The topological polar surface area (TPSA) is 15.7 Å². The van der Waals surface area contributed by atoms with Crippen LogP contribution in [0.4, 0.5) is 0 Å². The van der Waals surface area contributed by atoms with E-state index in [9.17, 15) is 0 Å². The molecule has 0 unspecified atom stereocenters. The minimum Gasteiger partial charge on any atom is -0.383 e. The van der Waals surface area contributed by atoms with Gasteiger partial charge in [0.15, 0.2) is 0 Å². The van der Waals surface area contributed by atoms with Gasteiger partial charge < -0.3 is 14.5 Å². The third kappa shape index (κ3) is 8.40. The summed E-state index contributed by atoms with van der Waals surface area (Å²) >= 11 is 0. The molecular formula is C16H36N2OSi. The van der Waals surface area contributed by atoms with Crippen LogP contribution < -0.4 is 0 Å². The molecule has 0 spiro atoms. The number of piperidine rings is 1. The molecule has 3 nitrogen and oxygen atoms in total. The van der Waals surface area contributed by atoms with Crippen molar-refractivity contribution in [2.75, 3.05) is 53.1 Å². The quantitative estimate of drug-likeness (QED) is 0.609. The average molecular weight is 301 g/mol. The molecule has 0 N–H and O–H groups in total. The number of likely N-dealkylation sites (N-methyl/N-ethyl adjacent to an activating group) is 1. The van der Waals surface area contributed by atoms with Crippen LogP contribution >= 0.6 is 0 Å². The Balaban J connectivity index is 2.08. The molecule has 0 bridgehead atoms. The van der Waals surface area contributed by atoms with Crippen LogP contribution in [0.2, 0.25) is 19.6 Å². The standard InChI is InChI=1S/C16H36N2OSi/c1-17(13-14-19-2)10-6-7-16-8-11-18(12-9-16)15-20(3,4)5/h16H,6-15H2,1-5H3. The number of hydrogen-bond acceptors (Lipinski definition) is 3. The normalized spacial score (nSPS) is 18.9. The highest BCUT2D eigenvalue weighted by Gasteiger charge is 2.23. The Bertz CT molecular complexity index is 247. The molecular weight excluding hydrogens is 264 g/mol. The summed E-state index contributed by atoms with van der Waals surface area (Å²) in [7, 11) is 3.07. The smallest absolute Gasteiger partial charge is 0.0599 e. The summed E-state index contributed by atoms with van der Waals surface area (Å²) in [5.74, 6) is 0.976. The Labute approximate surface area is 127 Å². The van der Waals surface area contributed by atoms with Crippen molar-refractivity contribution < 1.29 is 4.74 Å². The van der Waals surface area contributed by atoms with E-state index >= 15 is 0 Å². The predicted molar refractivity (Wildman–Crippen MR) is 91.1 cm³/mol. The molecule has 1 rings (SSSR count). The Morgan fingerprint density at radius 1 is 1.15 bits per heavy atom. The highest BCUT2D eigenvalue weighted by Crippen LogP contribution is 2.22. The highest BCUT2D eigenvalue weighted by atomic mass is 28.3. The number of methoxy groups -OCH3 is 1. The molecule has 1 aliphatic heterocycles. The van der Waals surface area contributed by atoms with Crippen LogP contribution in [0.15, 0.2) is 0 Å². The molecule has 120 valence electrons. The van der Waals surface area contributed by atoms with E-state index in [1.165, 1.54) is 51.5 Å². The second-order valence-electron chi connectivity index (χ2n) is 7.72. The van der Waals surface area contributed by atoms with E-state index in [4.69, 9.17) is 4.74 Å². The lowest BCUT2D eigenvalue weighted by Gasteiger charge is -2.35. The van der Waals surface area contributed by atoms with Crippen LogP contribution in [0, 0.1) is 5.92 Å². The van der Waals surface area contributed by atoms with Crippen molar-refractivity contribution in [3.05, 3.63) is 0 Å². The molecule has 0 aromatic carbocycles. The molecule has 0 aromatic rings. The Kier molecular flexibility index (Phi) is 8.33. The van der Waals surface area contributed by atoms with Gasteiger partial charge in [-0.3, -0.25) is 0 Å². The van der Waals surface area contributed by atoms with Gasteiger partial charge in [0.1, 0.15) is 0 Å². The summed E-state index contributed by atoms with van der Waals surface area (Å²) in [6.07, 6.45) is 7.00. The minimum absolute atomic E-state index is 0.853. The van der Waals surface area contributed by atoms with Gasteiger partial charge in [0.05, 0.1) is 14.7 Å². The van der Waals surface area contributed by atoms with Crippen LogP contribution in [0.3, 0.4) is 0 Å². The maximum Gasteiger partial charge on any atom is 0.0599 e. The summed E-state index contributed by atoms with van der Waals surface area (Å²) in [5, 5.41) is 0. The van der Waals surface area contributed by atoms with Crippen LogP contribution in [0.25, 0.3) is 0 Å². The summed E-state index contributed by atoms with van der Waals surface area (Å²) in [4.78, 5) is 5.11. The van der Waals surface area contributed by atoms with Gasteiger partial charge in [-0.15, -0.1) is 0 Å². The van der Waals surface area contributed by atoms with Crippen LogP contribution in [-0.4, -0.2) is 71.0 Å². The number of likely N-dealkylation sites (tertiary alicyclic amines) is 1. The lowest BCUT2D eigenvalue weighted by atomic mass is 9.92. The molecule has 1 aliphatic rings. The summed E-state index contributed by atoms with van der Waals surface area (Å²) in [6.45, 7) is 13.3. The summed E-state index contributed by atoms with van der Waals surface area (Å²) in [5.41, 5.74) is 0. The van der Waals surface area contributed by atoms with E-state index in [1.807, 2.05) is 0 Å². The minimum atomic E-state index is -0.912. The number of ether oxygens (including phenoxy) is 1. The zero-order chi connectivity index (χ0) is 15.0. The zero-order valence-electron chi connectivity index (χ0n) is 14.5. The second kappa shape index (κ2) is 9.18. The van der Waals surface area contributed by atoms with Crippen molar-refractivity contribution in [2.24, 2.45) is 5.92 Å². The first-order valence-corrected chi connectivity index (χ1v) is 12.0. The highest BCUT2D eigenvalue weighted by molar-refractivity contribution is 6.76. The third-order valence-corrected chi connectivity index (χ3v) is 5.63. The fourth-order valence-corrected chi connectivity index (χ4v) is 4.77. The summed E-state index contributed by atoms with van der Waals surface area (Å²) < 4.78 is 5.12. The number of hydrogen-bond donors (Lipinski definition) is 0. The molecule has 0 atom stereocenters. The van der Waals surface area contributed by atoms with Gasteiger partial charge in [0.25, 0.3) is 0 Å². The van der Waals surface area contributed by atoms with E-state index in [-0.39, 0.29) is 0 Å². The van der Waals surface area contributed by atoms with Crippen molar-refractivity contribution >= 4 is 8.07 Å².